The van der Waals surface area contributed by atoms with E-state index in [0.29, 0.717) is 6.17 Å². The van der Waals surface area contributed by atoms with Crippen molar-refractivity contribution in [1.29, 1.82) is 0 Å². The highest BCUT2D eigenvalue weighted by Gasteiger charge is 2.27. The molecule has 0 bridgehead atoms. The van der Waals surface area contributed by atoms with Crippen LogP contribution >= 0.6 is 0 Å². The third-order valence-corrected chi connectivity index (χ3v) is 7.34. The van der Waals surface area contributed by atoms with Crippen molar-refractivity contribution in [2.75, 3.05) is 0 Å². The Morgan fingerprint density at radius 2 is 1.51 bits per heavy atom. The Kier molecular flexibility index (Phi) is 4.62. The lowest BCUT2D eigenvalue weighted by molar-refractivity contribution is 0.411. The molecule has 1 heteroatoms. The smallest absolute Gasteiger partial charge is 0.0840 e. The number of nitrogens with zero attached hydrogens (tertiary/aromatic N) is 1. The monoisotopic (exact) mass is 458 g/mol. The molecule has 1 nitrogen and oxygen atoms in total. The number of pyridine rings is 1. The van der Waals surface area contributed by atoms with Crippen LogP contribution in [0.25, 0.3) is 43.6 Å². The number of rotatable bonds is 2. The van der Waals surface area contributed by atoms with E-state index in [1.807, 2.05) is 6.07 Å². The molecular formula is C34H35N. The quantitative estimate of drug-likeness (QED) is 0.236. The van der Waals surface area contributed by atoms with Crippen LogP contribution in [-0.2, 0) is 19.3 Å². The first kappa shape index (κ1) is 21.1. The van der Waals surface area contributed by atoms with Gasteiger partial charge in [0.05, 0.1) is 7.06 Å². The maximum atomic E-state index is 8.68. The highest BCUT2D eigenvalue weighted by Crippen LogP contribution is 2.45. The maximum Gasteiger partial charge on any atom is 0.0840 e. The van der Waals surface area contributed by atoms with Crippen molar-refractivity contribution in [3.05, 3.63) is 89.1 Å². The Labute approximate surface area is 210 Å². The molecule has 35 heavy (non-hydrogen) atoms. The van der Waals surface area contributed by atoms with Crippen LogP contribution in [0.2, 0.25) is 0 Å². The topological polar surface area (TPSA) is 12.9 Å². The van der Waals surface area contributed by atoms with E-state index in [0.717, 1.165) is 25.0 Å². The van der Waals surface area contributed by atoms with E-state index in [9.17, 15) is 0 Å². The summed E-state index contributed by atoms with van der Waals surface area (Å²) in [5.74, 6) is 0. The lowest BCUT2D eigenvalue weighted by atomic mass is 9.76. The van der Waals surface area contributed by atoms with Gasteiger partial charge in [0.2, 0.25) is 0 Å². The van der Waals surface area contributed by atoms with Gasteiger partial charge in [-0.05, 0) is 97.5 Å². The molecule has 0 saturated heterocycles. The molecule has 176 valence electrons. The van der Waals surface area contributed by atoms with E-state index in [-0.39, 0.29) is 10.8 Å². The van der Waals surface area contributed by atoms with E-state index in [1.54, 1.807) is 0 Å². The average Bonchev–Trinajstić information content (AvgIpc) is 2.78. The van der Waals surface area contributed by atoms with E-state index >= 15 is 0 Å². The van der Waals surface area contributed by atoms with Crippen molar-refractivity contribution in [2.45, 2.75) is 60.8 Å². The second kappa shape index (κ2) is 7.65. The average molecular weight is 459 g/mol. The van der Waals surface area contributed by atoms with Crippen LogP contribution in [-0.4, -0.2) is 4.98 Å². The summed E-state index contributed by atoms with van der Waals surface area (Å²) in [6.45, 7) is 13.9. The molecule has 0 spiro atoms. The Balaban J connectivity index is 1.72. The highest BCUT2D eigenvalue weighted by atomic mass is 14.7. The fraction of sp³-hybridized carbons (Fsp3) is 0.324. The van der Waals surface area contributed by atoms with Crippen LogP contribution in [0, 0.1) is 10.8 Å². The van der Waals surface area contributed by atoms with Gasteiger partial charge in [0, 0.05) is 17.1 Å². The van der Waals surface area contributed by atoms with Crippen molar-refractivity contribution < 1.29 is 1.37 Å². The number of hydrogen-bond acceptors (Lipinski definition) is 1. The third-order valence-electron chi connectivity index (χ3n) is 7.34. The molecule has 0 radical (unpaired) electrons. The predicted molar refractivity (Wildman–Crippen MR) is 151 cm³/mol. The molecule has 0 fully saturated rings. The molecule has 0 unspecified atom stereocenters. The van der Waals surface area contributed by atoms with Gasteiger partial charge in [-0.25, -0.2) is 0 Å². The molecular weight excluding hydrogens is 422 g/mol. The van der Waals surface area contributed by atoms with Crippen LogP contribution in [0.4, 0.5) is 0 Å². The number of aromatic nitrogens is 1. The maximum absolute atomic E-state index is 8.68. The molecule has 4 aromatic carbocycles. The minimum absolute atomic E-state index is 0.168. The first-order valence-electron chi connectivity index (χ1n) is 13.4. The fourth-order valence-electron chi connectivity index (χ4n) is 6.08. The molecule has 1 aromatic heterocycles. The third kappa shape index (κ3) is 3.82. The first-order valence-corrected chi connectivity index (χ1v) is 12.9. The van der Waals surface area contributed by atoms with Gasteiger partial charge >= 0.3 is 0 Å². The Morgan fingerprint density at radius 1 is 0.771 bits per heavy atom. The van der Waals surface area contributed by atoms with Crippen molar-refractivity contribution >= 4 is 32.3 Å². The SMILES string of the molecule is [2H]c1cc2c3c(cc4c(CC(C)(C)C)cccc42)Cc2c(cc4ccccc4c2CC(C)(C)C)-c3n1. The van der Waals surface area contributed by atoms with E-state index in [1.165, 1.54) is 60.1 Å². The largest absolute Gasteiger partial charge is 0.256 e. The predicted octanol–water partition coefficient (Wildman–Crippen LogP) is 9.29. The van der Waals surface area contributed by atoms with Gasteiger partial charge in [-0.1, -0.05) is 84.0 Å². The Morgan fingerprint density at radius 3 is 2.29 bits per heavy atom. The minimum Gasteiger partial charge on any atom is -0.256 e. The zero-order valence-electron chi connectivity index (χ0n) is 22.8. The summed E-state index contributed by atoms with van der Waals surface area (Å²) >= 11 is 0. The summed E-state index contributed by atoms with van der Waals surface area (Å²) in [7, 11) is 0. The zero-order chi connectivity index (χ0) is 25.4. The van der Waals surface area contributed by atoms with Crippen molar-refractivity contribution in [3.63, 3.8) is 0 Å². The molecule has 0 saturated carbocycles. The standard InChI is InChI=1S/C34H35N/c1-33(2,3)19-22-11-9-13-25-26-14-15-35-32-29-16-21-10-7-8-12-24(21)30(20-34(4,5)6)28(29)18-23(31(26)32)17-27(22)25/h7-17H,18-20H2,1-6H3/i15D. The van der Waals surface area contributed by atoms with Crippen LogP contribution in [0.15, 0.2) is 66.8 Å². The first-order chi connectivity index (χ1) is 17.0. The highest BCUT2D eigenvalue weighted by molar-refractivity contribution is 6.15. The second-order valence-corrected chi connectivity index (χ2v) is 12.8. The molecule has 5 aromatic rings. The van der Waals surface area contributed by atoms with Crippen LogP contribution < -0.4 is 0 Å². The normalized spacial score (nSPS) is 13.9. The van der Waals surface area contributed by atoms with Gasteiger partial charge in [0.1, 0.15) is 0 Å². The van der Waals surface area contributed by atoms with Crippen molar-refractivity contribution in [1.82, 2.24) is 4.98 Å². The lowest BCUT2D eigenvalue weighted by Crippen LogP contribution is -2.14. The van der Waals surface area contributed by atoms with E-state index in [2.05, 4.69) is 96.1 Å². The summed E-state index contributed by atoms with van der Waals surface area (Å²) in [4.78, 5) is 4.87. The second-order valence-electron chi connectivity index (χ2n) is 12.8. The molecule has 0 aliphatic heterocycles. The molecule has 1 aliphatic carbocycles. The Hall–Kier alpha value is -3.19. The van der Waals surface area contributed by atoms with Crippen LogP contribution in [0.3, 0.4) is 0 Å². The lowest BCUT2D eigenvalue weighted by Gasteiger charge is -2.28. The summed E-state index contributed by atoms with van der Waals surface area (Å²) in [6.07, 6.45) is 3.29. The van der Waals surface area contributed by atoms with Gasteiger partial charge < -0.3 is 0 Å². The summed E-state index contributed by atoms with van der Waals surface area (Å²) < 4.78 is 8.68. The van der Waals surface area contributed by atoms with Crippen molar-refractivity contribution in [2.24, 2.45) is 10.8 Å². The molecule has 1 aliphatic rings. The van der Waals surface area contributed by atoms with Gasteiger partial charge in [-0.3, -0.25) is 4.98 Å². The molecule has 6 rings (SSSR count). The minimum atomic E-state index is 0.168. The summed E-state index contributed by atoms with van der Waals surface area (Å²) in [5.41, 5.74) is 8.14. The number of benzene rings is 4. The molecule has 0 N–H and O–H groups in total. The molecule has 0 atom stereocenters. The van der Waals surface area contributed by atoms with Gasteiger partial charge in [0.25, 0.3) is 0 Å². The fourth-order valence-corrected chi connectivity index (χ4v) is 6.08. The van der Waals surface area contributed by atoms with Crippen LogP contribution in [0.1, 0.15) is 65.2 Å². The number of fused-ring (bicyclic) bond motifs is 5. The molecule has 0 amide bonds. The Bertz CT molecular complexity index is 1680. The van der Waals surface area contributed by atoms with E-state index < -0.39 is 0 Å². The van der Waals surface area contributed by atoms with Gasteiger partial charge in [0.15, 0.2) is 0 Å². The van der Waals surface area contributed by atoms with Gasteiger partial charge in [-0.15, -0.1) is 0 Å². The molecule has 1 heterocycles. The van der Waals surface area contributed by atoms with Gasteiger partial charge in [-0.2, -0.15) is 0 Å². The zero-order valence-corrected chi connectivity index (χ0v) is 21.8. The number of hydrogen-bond donors (Lipinski definition) is 0. The summed E-state index contributed by atoms with van der Waals surface area (Å²) in [5, 5.41) is 7.58. The summed E-state index contributed by atoms with van der Waals surface area (Å²) in [6, 6.07) is 22.2. The van der Waals surface area contributed by atoms with Crippen LogP contribution in [0.5, 0.6) is 0 Å². The van der Waals surface area contributed by atoms with Crippen molar-refractivity contribution in [3.8, 4) is 11.3 Å². The van der Waals surface area contributed by atoms with E-state index in [4.69, 9.17) is 6.35 Å².